The van der Waals surface area contributed by atoms with Gasteiger partial charge in [0.05, 0.1) is 12.1 Å². The summed E-state index contributed by atoms with van der Waals surface area (Å²) in [6, 6.07) is 7.21. The number of carbonyl (C=O) groups is 3. The summed E-state index contributed by atoms with van der Waals surface area (Å²) in [5.74, 6) is -1.14. The number of rotatable bonds is 4. The van der Waals surface area contributed by atoms with Gasteiger partial charge in [-0.15, -0.1) is 0 Å². The third kappa shape index (κ3) is 2.27. The van der Waals surface area contributed by atoms with Crippen LogP contribution in [-0.4, -0.2) is 41.5 Å². The summed E-state index contributed by atoms with van der Waals surface area (Å²) in [7, 11) is 3.07. The average Bonchev–Trinajstić information content (AvgIpc) is 2.77. The van der Waals surface area contributed by atoms with Gasteiger partial charge >= 0.3 is 0 Å². The molecule has 0 saturated heterocycles. The fourth-order valence-electron chi connectivity index (χ4n) is 1.98. The molecular formula is C14H14N2O3. The summed E-state index contributed by atoms with van der Waals surface area (Å²) in [4.78, 5) is 35.8. The van der Waals surface area contributed by atoms with Gasteiger partial charge in [0.1, 0.15) is 6.29 Å². The lowest BCUT2D eigenvalue weighted by Crippen LogP contribution is -2.29. The van der Waals surface area contributed by atoms with Crippen molar-refractivity contribution in [3.63, 3.8) is 0 Å². The first-order chi connectivity index (χ1) is 9.06. The van der Waals surface area contributed by atoms with Crippen LogP contribution in [0.2, 0.25) is 0 Å². The van der Waals surface area contributed by atoms with E-state index in [1.165, 1.54) is 19.0 Å². The molecule has 0 radical (unpaired) electrons. The van der Waals surface area contributed by atoms with Crippen LogP contribution in [0, 0.1) is 0 Å². The van der Waals surface area contributed by atoms with Gasteiger partial charge in [-0.3, -0.25) is 9.59 Å². The highest BCUT2D eigenvalue weighted by atomic mass is 16.2. The quantitative estimate of drug-likeness (QED) is 0.469. The first kappa shape index (κ1) is 13.0. The highest BCUT2D eigenvalue weighted by Gasteiger charge is 2.22. The number of hydrogen-bond acceptors (Lipinski definition) is 3. The third-order valence-corrected chi connectivity index (χ3v) is 2.90. The zero-order valence-corrected chi connectivity index (χ0v) is 10.8. The van der Waals surface area contributed by atoms with Crippen LogP contribution in [0.5, 0.6) is 0 Å². The van der Waals surface area contributed by atoms with Crippen LogP contribution in [0.25, 0.3) is 10.9 Å². The smallest absolute Gasteiger partial charge is 0.294 e. The number of Topliss-reactive ketones (excluding diaryl/α,β-unsaturated/α-hetero) is 1. The molecule has 0 fully saturated rings. The minimum absolute atomic E-state index is 0.157. The highest BCUT2D eigenvalue weighted by Crippen LogP contribution is 2.21. The van der Waals surface area contributed by atoms with Crippen LogP contribution in [0.15, 0.2) is 30.5 Å². The van der Waals surface area contributed by atoms with Crippen LogP contribution in [0.3, 0.4) is 0 Å². The molecule has 19 heavy (non-hydrogen) atoms. The molecule has 0 aliphatic heterocycles. The standard InChI is InChI=1S/C14H14N2O3/c1-15(2)14(19)13(18)11-9-16(7-8-17)12-6-4-3-5-10(11)12/h3-6,8-9H,7H2,1-2H3. The average molecular weight is 258 g/mol. The second-order valence-corrected chi connectivity index (χ2v) is 4.41. The molecule has 2 aromatic rings. The molecule has 5 heteroatoms. The molecule has 1 aromatic carbocycles. The lowest BCUT2D eigenvalue weighted by Gasteiger charge is -2.07. The Morgan fingerprint density at radius 2 is 1.95 bits per heavy atom. The normalized spacial score (nSPS) is 10.4. The van der Waals surface area contributed by atoms with E-state index in [0.29, 0.717) is 10.9 Å². The Bertz CT molecular complexity index is 656. The molecule has 0 atom stereocenters. The van der Waals surface area contributed by atoms with Crippen molar-refractivity contribution >= 4 is 28.9 Å². The minimum Gasteiger partial charge on any atom is -0.342 e. The maximum absolute atomic E-state index is 12.1. The Labute approximate surface area is 110 Å². The molecule has 0 bridgehead atoms. The molecule has 0 aliphatic carbocycles. The number of carbonyl (C=O) groups excluding carboxylic acids is 3. The van der Waals surface area contributed by atoms with Gasteiger partial charge < -0.3 is 14.3 Å². The summed E-state index contributed by atoms with van der Waals surface area (Å²) in [6.45, 7) is 0.157. The van der Waals surface area contributed by atoms with Gasteiger partial charge in [-0.25, -0.2) is 0 Å². The van der Waals surface area contributed by atoms with Crippen LogP contribution in [0.1, 0.15) is 10.4 Å². The Hall–Kier alpha value is -2.43. The predicted octanol–water partition coefficient (Wildman–Crippen LogP) is 1.11. The van der Waals surface area contributed by atoms with Gasteiger partial charge in [0, 0.05) is 31.2 Å². The van der Waals surface area contributed by atoms with Crippen LogP contribution in [-0.2, 0) is 16.1 Å². The second kappa shape index (κ2) is 5.06. The first-order valence-corrected chi connectivity index (χ1v) is 5.83. The highest BCUT2D eigenvalue weighted by molar-refractivity contribution is 6.44. The largest absolute Gasteiger partial charge is 0.342 e. The summed E-state index contributed by atoms with van der Waals surface area (Å²) < 4.78 is 1.67. The van der Waals surface area contributed by atoms with E-state index in [1.54, 1.807) is 22.9 Å². The summed E-state index contributed by atoms with van der Waals surface area (Å²) in [5, 5.41) is 0.685. The Morgan fingerprint density at radius 3 is 2.58 bits per heavy atom. The number of hydrogen-bond donors (Lipinski definition) is 0. The van der Waals surface area contributed by atoms with Crippen LogP contribution < -0.4 is 0 Å². The Balaban J connectivity index is 2.58. The molecule has 0 N–H and O–H groups in total. The Kier molecular flexibility index (Phi) is 3.46. The zero-order chi connectivity index (χ0) is 14.0. The topological polar surface area (TPSA) is 59.4 Å². The summed E-state index contributed by atoms with van der Waals surface area (Å²) >= 11 is 0. The molecule has 1 amide bonds. The molecule has 5 nitrogen and oxygen atoms in total. The molecule has 98 valence electrons. The van der Waals surface area contributed by atoms with Crippen LogP contribution >= 0.6 is 0 Å². The molecule has 2 rings (SSSR count). The molecule has 0 aliphatic rings. The van der Waals surface area contributed by atoms with Gasteiger partial charge in [-0.1, -0.05) is 18.2 Å². The molecule has 0 spiro atoms. The van der Waals surface area contributed by atoms with Crippen LogP contribution in [0.4, 0.5) is 0 Å². The minimum atomic E-state index is -0.575. The number of aromatic nitrogens is 1. The second-order valence-electron chi connectivity index (χ2n) is 4.41. The molecule has 0 unspecified atom stereocenters. The van der Waals surface area contributed by atoms with Gasteiger partial charge in [0.25, 0.3) is 11.7 Å². The van der Waals surface area contributed by atoms with Gasteiger partial charge in [-0.05, 0) is 6.07 Å². The van der Waals surface area contributed by atoms with Gasteiger partial charge in [0.2, 0.25) is 0 Å². The lowest BCUT2D eigenvalue weighted by atomic mass is 10.1. The van der Waals surface area contributed by atoms with E-state index >= 15 is 0 Å². The maximum atomic E-state index is 12.1. The number of nitrogens with zero attached hydrogens (tertiary/aromatic N) is 2. The van der Waals surface area contributed by atoms with Crippen molar-refractivity contribution in [3.8, 4) is 0 Å². The summed E-state index contributed by atoms with van der Waals surface area (Å²) in [6.07, 6.45) is 2.32. The number of benzene rings is 1. The number of para-hydroxylation sites is 1. The fourth-order valence-corrected chi connectivity index (χ4v) is 1.98. The van der Waals surface area contributed by atoms with E-state index < -0.39 is 11.7 Å². The molecule has 1 aromatic heterocycles. The van der Waals surface area contributed by atoms with Crippen molar-refractivity contribution in [2.45, 2.75) is 6.54 Å². The number of fused-ring (bicyclic) bond motifs is 1. The van der Waals surface area contributed by atoms with Crippen molar-refractivity contribution in [1.82, 2.24) is 9.47 Å². The zero-order valence-electron chi connectivity index (χ0n) is 10.8. The van der Waals surface area contributed by atoms with Gasteiger partial charge in [0.15, 0.2) is 0 Å². The number of aldehydes is 1. The lowest BCUT2D eigenvalue weighted by molar-refractivity contribution is -0.124. The SMILES string of the molecule is CN(C)C(=O)C(=O)c1cn(CC=O)c2ccccc12. The third-order valence-electron chi connectivity index (χ3n) is 2.90. The molecule has 1 heterocycles. The number of ketones is 1. The van der Waals surface area contributed by atoms with E-state index in [0.717, 1.165) is 11.8 Å². The molecular weight excluding hydrogens is 244 g/mol. The van der Waals surface area contributed by atoms with Crippen molar-refractivity contribution in [1.29, 1.82) is 0 Å². The van der Waals surface area contributed by atoms with Crippen molar-refractivity contribution in [2.24, 2.45) is 0 Å². The first-order valence-electron chi connectivity index (χ1n) is 5.83. The van der Waals surface area contributed by atoms with E-state index in [9.17, 15) is 14.4 Å². The van der Waals surface area contributed by atoms with E-state index in [4.69, 9.17) is 0 Å². The van der Waals surface area contributed by atoms with E-state index in [1.807, 2.05) is 12.1 Å². The van der Waals surface area contributed by atoms with Crippen molar-refractivity contribution in [2.75, 3.05) is 14.1 Å². The predicted molar refractivity (Wildman–Crippen MR) is 71.0 cm³/mol. The van der Waals surface area contributed by atoms with Gasteiger partial charge in [-0.2, -0.15) is 0 Å². The van der Waals surface area contributed by atoms with Crippen molar-refractivity contribution < 1.29 is 14.4 Å². The Morgan fingerprint density at radius 1 is 1.26 bits per heavy atom. The number of amides is 1. The van der Waals surface area contributed by atoms with E-state index in [2.05, 4.69) is 0 Å². The maximum Gasteiger partial charge on any atom is 0.294 e. The molecule has 0 saturated carbocycles. The monoisotopic (exact) mass is 258 g/mol. The van der Waals surface area contributed by atoms with Crippen molar-refractivity contribution in [3.05, 3.63) is 36.0 Å². The number of likely N-dealkylation sites (N-methyl/N-ethyl adjacent to an activating group) is 1. The summed E-state index contributed by atoms with van der Waals surface area (Å²) in [5.41, 5.74) is 1.10. The fraction of sp³-hybridized carbons (Fsp3) is 0.214. The van der Waals surface area contributed by atoms with E-state index in [-0.39, 0.29) is 6.54 Å².